The van der Waals surface area contributed by atoms with Crippen molar-refractivity contribution in [3.8, 4) is 0 Å². The second-order valence-electron chi connectivity index (χ2n) is 5.27. The van der Waals surface area contributed by atoms with Crippen molar-refractivity contribution in [3.63, 3.8) is 0 Å². The first-order valence-electron chi connectivity index (χ1n) is 7.11. The Morgan fingerprint density at radius 1 is 1.24 bits per heavy atom. The van der Waals surface area contributed by atoms with Crippen LogP contribution in [-0.2, 0) is 9.59 Å². The maximum atomic E-state index is 12.2. The highest BCUT2D eigenvalue weighted by molar-refractivity contribution is 7.99. The predicted octanol–water partition coefficient (Wildman–Crippen LogP) is 3.27. The van der Waals surface area contributed by atoms with Gasteiger partial charge >= 0.3 is 5.97 Å². The van der Waals surface area contributed by atoms with Gasteiger partial charge in [0.05, 0.1) is 0 Å². The average molecular weight is 309 g/mol. The van der Waals surface area contributed by atoms with Gasteiger partial charge in [0.1, 0.15) is 5.54 Å². The Balaban J connectivity index is 2.43. The topological polar surface area (TPSA) is 57.6 Å². The second-order valence-corrected chi connectivity index (χ2v) is 6.44. The minimum absolute atomic E-state index is 0.0986. The quantitative estimate of drug-likeness (QED) is 0.591. The Morgan fingerprint density at radius 3 is 2.38 bits per heavy atom. The SMILES string of the molecule is CCN(C(=O)CCCSc1ccccc1)C(C)(C)C(=O)O. The van der Waals surface area contributed by atoms with Crippen LogP contribution in [0.25, 0.3) is 0 Å². The molecule has 0 aromatic heterocycles. The van der Waals surface area contributed by atoms with E-state index in [9.17, 15) is 14.7 Å². The van der Waals surface area contributed by atoms with E-state index in [4.69, 9.17) is 0 Å². The first kappa shape index (κ1) is 17.6. The highest BCUT2D eigenvalue weighted by Crippen LogP contribution is 2.20. The summed E-state index contributed by atoms with van der Waals surface area (Å²) in [5.74, 6) is -0.226. The number of likely N-dealkylation sites (N-methyl/N-ethyl adjacent to an activating group) is 1. The molecular formula is C16H23NO3S. The number of carboxylic acids is 1. The van der Waals surface area contributed by atoms with Gasteiger partial charge in [-0.2, -0.15) is 0 Å². The maximum absolute atomic E-state index is 12.2. The molecule has 1 rings (SSSR count). The van der Waals surface area contributed by atoms with E-state index < -0.39 is 11.5 Å². The van der Waals surface area contributed by atoms with Crippen LogP contribution in [0.15, 0.2) is 35.2 Å². The number of nitrogens with zero attached hydrogens (tertiary/aromatic N) is 1. The molecule has 0 spiro atoms. The molecule has 1 aromatic rings. The molecule has 0 aliphatic heterocycles. The van der Waals surface area contributed by atoms with Crippen LogP contribution < -0.4 is 0 Å². The van der Waals surface area contributed by atoms with Gasteiger partial charge in [0, 0.05) is 17.9 Å². The number of benzene rings is 1. The number of hydrogen-bond donors (Lipinski definition) is 1. The van der Waals surface area contributed by atoms with E-state index in [0.717, 1.165) is 12.2 Å². The molecule has 1 amide bonds. The summed E-state index contributed by atoms with van der Waals surface area (Å²) in [4.78, 5) is 26.0. The van der Waals surface area contributed by atoms with Crippen LogP contribution in [0.5, 0.6) is 0 Å². The maximum Gasteiger partial charge on any atom is 0.329 e. The van der Waals surface area contributed by atoms with E-state index in [1.165, 1.54) is 9.80 Å². The van der Waals surface area contributed by atoms with Crippen molar-refractivity contribution in [3.05, 3.63) is 30.3 Å². The highest BCUT2D eigenvalue weighted by atomic mass is 32.2. The Labute approximate surface area is 130 Å². The minimum atomic E-state index is -1.15. The lowest BCUT2D eigenvalue weighted by Gasteiger charge is -2.34. The Bertz CT molecular complexity index is 474. The van der Waals surface area contributed by atoms with Gasteiger partial charge in [-0.1, -0.05) is 18.2 Å². The third-order valence-corrected chi connectivity index (χ3v) is 4.46. The Hall–Kier alpha value is -1.49. The zero-order chi connectivity index (χ0) is 15.9. The molecular weight excluding hydrogens is 286 g/mol. The normalized spacial score (nSPS) is 11.2. The van der Waals surface area contributed by atoms with Crippen LogP contribution >= 0.6 is 11.8 Å². The number of carbonyl (C=O) groups excluding carboxylic acids is 1. The first-order chi connectivity index (χ1) is 9.89. The lowest BCUT2D eigenvalue weighted by Crippen LogP contribution is -2.52. The van der Waals surface area contributed by atoms with E-state index in [0.29, 0.717) is 13.0 Å². The molecule has 21 heavy (non-hydrogen) atoms. The molecule has 0 saturated carbocycles. The molecule has 0 aliphatic carbocycles. The molecule has 0 radical (unpaired) electrons. The standard InChI is InChI=1S/C16H23NO3S/c1-4-17(16(2,3)15(19)20)14(18)11-8-12-21-13-9-6-5-7-10-13/h5-7,9-10H,4,8,11-12H2,1-3H3,(H,19,20). The van der Waals surface area contributed by atoms with Gasteiger partial charge in [-0.3, -0.25) is 4.79 Å². The van der Waals surface area contributed by atoms with Crippen LogP contribution in [0, 0.1) is 0 Å². The van der Waals surface area contributed by atoms with Crippen molar-refractivity contribution >= 4 is 23.6 Å². The van der Waals surface area contributed by atoms with Crippen molar-refractivity contribution < 1.29 is 14.7 Å². The summed E-state index contributed by atoms with van der Waals surface area (Å²) in [5.41, 5.74) is -1.15. The van der Waals surface area contributed by atoms with Gasteiger partial charge in [-0.25, -0.2) is 4.79 Å². The van der Waals surface area contributed by atoms with Gasteiger partial charge in [-0.15, -0.1) is 11.8 Å². The van der Waals surface area contributed by atoms with Gasteiger partial charge < -0.3 is 10.0 Å². The van der Waals surface area contributed by atoms with Crippen molar-refractivity contribution in [2.45, 2.75) is 44.0 Å². The molecule has 116 valence electrons. The fourth-order valence-electron chi connectivity index (χ4n) is 2.06. The summed E-state index contributed by atoms with van der Waals surface area (Å²) in [5, 5.41) is 9.21. The molecule has 5 heteroatoms. The number of carbonyl (C=O) groups is 2. The van der Waals surface area contributed by atoms with Crippen LogP contribution in [0.1, 0.15) is 33.6 Å². The largest absolute Gasteiger partial charge is 0.480 e. The van der Waals surface area contributed by atoms with Crippen molar-refractivity contribution in [1.82, 2.24) is 4.90 Å². The molecule has 0 aliphatic rings. The summed E-state index contributed by atoms with van der Waals surface area (Å²) in [7, 11) is 0. The number of rotatable bonds is 8. The number of aliphatic carboxylic acids is 1. The van der Waals surface area contributed by atoms with E-state index in [1.807, 2.05) is 30.3 Å². The van der Waals surface area contributed by atoms with E-state index in [-0.39, 0.29) is 5.91 Å². The van der Waals surface area contributed by atoms with E-state index in [2.05, 4.69) is 0 Å². The lowest BCUT2D eigenvalue weighted by molar-refractivity contribution is -0.156. The van der Waals surface area contributed by atoms with Crippen LogP contribution in [0.4, 0.5) is 0 Å². The number of thioether (sulfide) groups is 1. The second kappa shape index (κ2) is 8.08. The summed E-state index contributed by atoms with van der Waals surface area (Å²) < 4.78 is 0. The highest BCUT2D eigenvalue weighted by Gasteiger charge is 2.36. The lowest BCUT2D eigenvalue weighted by atomic mass is 10.0. The van der Waals surface area contributed by atoms with Crippen LogP contribution in [0.2, 0.25) is 0 Å². The summed E-state index contributed by atoms with van der Waals surface area (Å²) in [6.45, 7) is 5.34. The molecule has 0 saturated heterocycles. The first-order valence-corrected chi connectivity index (χ1v) is 8.10. The fourth-order valence-corrected chi connectivity index (χ4v) is 2.94. The molecule has 0 atom stereocenters. The monoisotopic (exact) mass is 309 g/mol. The molecule has 0 fully saturated rings. The van der Waals surface area contributed by atoms with Gasteiger partial charge in [0.15, 0.2) is 0 Å². The number of amides is 1. The fraction of sp³-hybridized carbons (Fsp3) is 0.500. The van der Waals surface area contributed by atoms with Crippen molar-refractivity contribution in [2.75, 3.05) is 12.3 Å². The number of carboxylic acid groups (broad SMARTS) is 1. The Kier molecular flexibility index (Phi) is 6.75. The zero-order valence-electron chi connectivity index (χ0n) is 12.8. The molecule has 1 N–H and O–H groups in total. The molecule has 4 nitrogen and oxygen atoms in total. The smallest absolute Gasteiger partial charge is 0.329 e. The summed E-state index contributed by atoms with van der Waals surface area (Å²) in [6, 6.07) is 10.0. The van der Waals surface area contributed by atoms with Crippen LogP contribution in [-0.4, -0.2) is 39.7 Å². The van der Waals surface area contributed by atoms with Crippen molar-refractivity contribution in [2.24, 2.45) is 0 Å². The molecule has 1 aromatic carbocycles. The molecule has 0 heterocycles. The van der Waals surface area contributed by atoms with E-state index in [1.54, 1.807) is 32.5 Å². The van der Waals surface area contributed by atoms with Gasteiger partial charge in [0.2, 0.25) is 5.91 Å². The average Bonchev–Trinajstić information content (AvgIpc) is 2.45. The van der Waals surface area contributed by atoms with Crippen molar-refractivity contribution in [1.29, 1.82) is 0 Å². The van der Waals surface area contributed by atoms with E-state index >= 15 is 0 Å². The third-order valence-electron chi connectivity index (χ3n) is 3.36. The van der Waals surface area contributed by atoms with Gasteiger partial charge in [0.25, 0.3) is 0 Å². The molecule has 0 bridgehead atoms. The Morgan fingerprint density at radius 2 is 1.86 bits per heavy atom. The predicted molar refractivity (Wildman–Crippen MR) is 85.5 cm³/mol. The van der Waals surface area contributed by atoms with Crippen LogP contribution in [0.3, 0.4) is 0 Å². The summed E-state index contributed by atoms with van der Waals surface area (Å²) in [6.07, 6.45) is 1.12. The summed E-state index contributed by atoms with van der Waals surface area (Å²) >= 11 is 1.71. The zero-order valence-corrected chi connectivity index (χ0v) is 13.7. The number of hydrogen-bond acceptors (Lipinski definition) is 3. The third kappa shape index (κ3) is 5.08. The minimum Gasteiger partial charge on any atom is -0.480 e. The molecule has 0 unspecified atom stereocenters. The van der Waals surface area contributed by atoms with Gasteiger partial charge in [-0.05, 0) is 45.1 Å².